The van der Waals surface area contributed by atoms with Gasteiger partial charge in [0.1, 0.15) is 0 Å². The molecular weight excluding hydrogens is 681 g/mol. The summed E-state index contributed by atoms with van der Waals surface area (Å²) in [6, 6.07) is 5.99. The van der Waals surface area contributed by atoms with Gasteiger partial charge in [-0.3, -0.25) is 14.6 Å². The van der Waals surface area contributed by atoms with Crippen molar-refractivity contribution in [1.29, 1.82) is 0 Å². The number of aromatic carboxylic acids is 1. The van der Waals surface area contributed by atoms with Gasteiger partial charge in [-0.15, -0.1) is 0 Å². The molecule has 2 atom stereocenters. The molecule has 0 saturated heterocycles. The normalized spacial score (nSPS) is 15.6. The van der Waals surface area contributed by atoms with Crippen molar-refractivity contribution in [2.24, 2.45) is 0 Å². The number of hydrogen-bond acceptors (Lipinski definition) is 7. The lowest BCUT2D eigenvalue weighted by atomic mass is 9.84. The Kier molecular flexibility index (Phi) is 12.6. The molecule has 8 bridgehead atoms. The molecule has 0 spiro atoms. The number of aryl methyl sites for hydroxylation is 2. The standard InChI is InChI=1S/C42H56N8O4/c1-11-27-23(3)31-20-33-25(5)29(13-14-37(51)43-15-17-49(7)8)40(47-33)30(19-38(52)44-16-18-50(9)10)41-39(42(53)54)26(6)34(48-41)22-36-28(12-2)24(4)32(46-36)21-35(27)45-31/h11,20-22,25,29,45,48H,1,12-19H2,2-10H3,(H,43,51)(H,44,52)(H,53,54)/t25-,29-/m0/s1. The van der Waals surface area contributed by atoms with Crippen molar-refractivity contribution in [2.75, 3.05) is 54.4 Å². The Morgan fingerprint density at radius 2 is 1.52 bits per heavy atom. The first kappa shape index (κ1) is 40.1. The first-order chi connectivity index (χ1) is 25.6. The van der Waals surface area contributed by atoms with Gasteiger partial charge in [0, 0.05) is 77.8 Å². The number of aromatic amines is 2. The van der Waals surface area contributed by atoms with Gasteiger partial charge < -0.3 is 35.5 Å². The van der Waals surface area contributed by atoms with Crippen molar-refractivity contribution in [2.45, 2.75) is 72.1 Å². The second kappa shape index (κ2) is 16.9. The molecule has 2 amide bonds. The molecule has 5 rings (SSSR count). The minimum atomic E-state index is -1.11. The largest absolute Gasteiger partial charge is 0.478 e. The van der Waals surface area contributed by atoms with Crippen LogP contribution in [-0.2, 0) is 16.0 Å². The molecular formula is C42H56N8O4. The number of H-pyrrole nitrogens is 2. The summed E-state index contributed by atoms with van der Waals surface area (Å²) >= 11 is 0. The molecule has 0 radical (unpaired) electrons. The molecule has 2 aliphatic heterocycles. The molecule has 3 aromatic heterocycles. The van der Waals surface area contributed by atoms with Gasteiger partial charge in [0.25, 0.3) is 0 Å². The highest BCUT2D eigenvalue weighted by atomic mass is 16.4. The molecule has 2 aliphatic rings. The van der Waals surface area contributed by atoms with E-state index in [0.717, 1.165) is 63.4 Å². The van der Waals surface area contributed by atoms with Crippen LogP contribution in [0, 0.1) is 13.8 Å². The van der Waals surface area contributed by atoms with Crippen LogP contribution in [0.3, 0.4) is 0 Å². The number of rotatable bonds is 14. The summed E-state index contributed by atoms with van der Waals surface area (Å²) in [6.07, 6.45) is 3.18. The third-order valence-corrected chi connectivity index (χ3v) is 10.7. The zero-order valence-electron chi connectivity index (χ0n) is 33.3. The Morgan fingerprint density at radius 3 is 2.13 bits per heavy atom. The fourth-order valence-corrected chi connectivity index (χ4v) is 7.53. The van der Waals surface area contributed by atoms with Crippen LogP contribution in [0.15, 0.2) is 24.8 Å². The van der Waals surface area contributed by atoms with E-state index in [9.17, 15) is 19.5 Å². The third kappa shape index (κ3) is 8.50. The summed E-state index contributed by atoms with van der Waals surface area (Å²) < 4.78 is 0. The quantitative estimate of drug-likeness (QED) is 0.131. The maximum absolute atomic E-state index is 13.8. The van der Waals surface area contributed by atoms with Crippen molar-refractivity contribution in [3.63, 3.8) is 0 Å². The highest BCUT2D eigenvalue weighted by Gasteiger charge is 2.33. The van der Waals surface area contributed by atoms with Crippen LogP contribution in [0.5, 0.6) is 0 Å². The number of carbonyl (C=O) groups is 3. The van der Waals surface area contributed by atoms with Crippen LogP contribution in [0.25, 0.3) is 39.3 Å². The zero-order chi connectivity index (χ0) is 39.4. The zero-order valence-corrected chi connectivity index (χ0v) is 33.3. The van der Waals surface area contributed by atoms with Crippen LogP contribution in [0.2, 0.25) is 0 Å². The van der Waals surface area contributed by atoms with E-state index in [2.05, 4.69) is 48.0 Å². The Hall–Kier alpha value is -5.07. The summed E-state index contributed by atoms with van der Waals surface area (Å²) in [7, 11) is 7.79. The van der Waals surface area contributed by atoms with Gasteiger partial charge in [0.15, 0.2) is 0 Å². The van der Waals surface area contributed by atoms with Gasteiger partial charge >= 0.3 is 5.97 Å². The highest BCUT2D eigenvalue weighted by Crippen LogP contribution is 2.43. The van der Waals surface area contributed by atoms with Crippen molar-refractivity contribution < 1.29 is 19.5 Å². The van der Waals surface area contributed by atoms with E-state index in [1.807, 2.05) is 69.2 Å². The van der Waals surface area contributed by atoms with E-state index in [0.29, 0.717) is 53.9 Å². The minimum absolute atomic E-state index is 0.0690. The highest BCUT2D eigenvalue weighted by molar-refractivity contribution is 6.03. The van der Waals surface area contributed by atoms with Gasteiger partial charge in [-0.1, -0.05) is 26.5 Å². The van der Waals surface area contributed by atoms with Crippen LogP contribution >= 0.6 is 0 Å². The SMILES string of the molecule is C=Cc1c(C)c2cc3nc(c(CC(=O)NCCN(C)C)c4[nH]c(cc5nc(cc1[nH]2)C(C)=C5CC)c(C)c4C(=O)O)[C@@H](CCC(=O)NCCN(C)C)[C@@H]3C. The molecule has 5 heterocycles. The van der Waals surface area contributed by atoms with E-state index >= 15 is 0 Å². The summed E-state index contributed by atoms with van der Waals surface area (Å²) in [5.74, 6) is -1.85. The number of nitrogens with zero attached hydrogens (tertiary/aromatic N) is 4. The van der Waals surface area contributed by atoms with Crippen LogP contribution in [0.1, 0.15) is 107 Å². The molecule has 12 nitrogen and oxygen atoms in total. The van der Waals surface area contributed by atoms with Crippen LogP contribution in [0.4, 0.5) is 0 Å². The smallest absolute Gasteiger partial charge is 0.338 e. The van der Waals surface area contributed by atoms with E-state index in [-0.39, 0.29) is 42.1 Å². The van der Waals surface area contributed by atoms with Gasteiger partial charge in [-0.05, 0) is 102 Å². The molecule has 0 saturated carbocycles. The van der Waals surface area contributed by atoms with Crippen molar-refractivity contribution in [1.82, 2.24) is 40.4 Å². The number of carbonyl (C=O) groups excluding carboxylic acids is 2. The molecule has 0 fully saturated rings. The lowest BCUT2D eigenvalue weighted by Crippen LogP contribution is -2.32. The van der Waals surface area contributed by atoms with Gasteiger partial charge in [0.2, 0.25) is 11.8 Å². The summed E-state index contributed by atoms with van der Waals surface area (Å²) in [6.45, 7) is 16.5. The molecule has 12 heteroatoms. The van der Waals surface area contributed by atoms with Gasteiger partial charge in [-0.2, -0.15) is 0 Å². The Morgan fingerprint density at radius 1 is 0.889 bits per heavy atom. The first-order valence-corrected chi connectivity index (χ1v) is 18.8. The predicted molar refractivity (Wildman–Crippen MR) is 218 cm³/mol. The second-order valence-corrected chi connectivity index (χ2v) is 15.0. The fraction of sp³-hybridized carbons (Fsp3) is 0.452. The van der Waals surface area contributed by atoms with E-state index in [1.165, 1.54) is 0 Å². The maximum atomic E-state index is 13.8. The summed E-state index contributed by atoms with van der Waals surface area (Å²) in [5.41, 5.74) is 10.9. The number of carboxylic acids is 1. The molecule has 54 heavy (non-hydrogen) atoms. The van der Waals surface area contributed by atoms with E-state index in [4.69, 9.17) is 9.97 Å². The number of hydrogen-bond donors (Lipinski definition) is 5. The minimum Gasteiger partial charge on any atom is -0.478 e. The van der Waals surface area contributed by atoms with Crippen molar-refractivity contribution in [3.8, 4) is 0 Å². The Bertz CT molecular complexity index is 2160. The number of aromatic nitrogens is 4. The molecule has 0 aromatic carbocycles. The molecule has 0 aliphatic carbocycles. The lowest BCUT2D eigenvalue weighted by molar-refractivity contribution is -0.121. The second-order valence-electron chi connectivity index (χ2n) is 15.0. The molecule has 5 N–H and O–H groups in total. The van der Waals surface area contributed by atoms with Gasteiger partial charge in [0.05, 0.1) is 34.6 Å². The van der Waals surface area contributed by atoms with E-state index < -0.39 is 5.97 Å². The maximum Gasteiger partial charge on any atom is 0.338 e. The molecule has 288 valence electrons. The Labute approximate surface area is 318 Å². The number of nitrogens with one attached hydrogen (secondary N) is 4. The average Bonchev–Trinajstić information content (AvgIpc) is 3.78. The van der Waals surface area contributed by atoms with E-state index in [1.54, 1.807) is 6.92 Å². The number of amides is 2. The van der Waals surface area contributed by atoms with Crippen molar-refractivity contribution >= 4 is 57.1 Å². The number of carboxylic acid groups (broad SMARTS) is 1. The monoisotopic (exact) mass is 736 g/mol. The molecule has 0 unspecified atom stereocenters. The third-order valence-electron chi connectivity index (χ3n) is 10.7. The van der Waals surface area contributed by atoms with Crippen LogP contribution in [-0.4, -0.2) is 107 Å². The predicted octanol–water partition coefficient (Wildman–Crippen LogP) is 6.18. The summed E-state index contributed by atoms with van der Waals surface area (Å²) in [5, 5.41) is 16.8. The number of likely N-dealkylation sites (N-methyl/N-ethyl adjacent to an activating group) is 2. The number of allylic oxidation sites excluding steroid dienone is 2. The summed E-state index contributed by atoms with van der Waals surface area (Å²) in [4.78, 5) is 61.4. The topological polar surface area (TPSA) is 159 Å². The first-order valence-electron chi connectivity index (χ1n) is 18.8. The van der Waals surface area contributed by atoms with Crippen LogP contribution < -0.4 is 10.6 Å². The molecule has 3 aromatic rings. The fourth-order valence-electron chi connectivity index (χ4n) is 7.53. The Balaban J connectivity index is 1.86. The van der Waals surface area contributed by atoms with Crippen molar-refractivity contribution in [3.05, 3.63) is 75.4 Å². The number of fused-ring (bicyclic) bond motifs is 8. The lowest BCUT2D eigenvalue weighted by Gasteiger charge is -2.19. The van der Waals surface area contributed by atoms with Gasteiger partial charge in [-0.25, -0.2) is 9.78 Å². The average molecular weight is 737 g/mol.